The molecule has 6 heteroatoms. The molecule has 0 aliphatic rings. The Bertz CT molecular complexity index is 753. The number of methoxy groups -OCH3 is 3. The minimum Gasteiger partial charge on any atom is -0.497 e. The molecule has 0 fully saturated rings. The predicted molar refractivity (Wildman–Crippen MR) is 91.5 cm³/mol. The summed E-state index contributed by atoms with van der Waals surface area (Å²) in [5.74, 6) is 0.710. The second kappa shape index (κ2) is 8.73. The molecule has 0 N–H and O–H groups in total. The van der Waals surface area contributed by atoms with Crippen LogP contribution in [0.3, 0.4) is 0 Å². The van der Waals surface area contributed by atoms with Gasteiger partial charge >= 0.3 is 5.97 Å². The number of hydrogen-bond donors (Lipinski definition) is 0. The molecule has 0 aromatic heterocycles. The average Bonchev–Trinajstić information content (AvgIpc) is 2.65. The number of ketones is 1. The Balaban J connectivity index is 1.98. The number of benzene rings is 2. The van der Waals surface area contributed by atoms with E-state index in [0.717, 1.165) is 5.56 Å². The number of Topliss-reactive ketones (excluding diaryl/α,β-unsaturated/α-hetero) is 1. The first kappa shape index (κ1) is 18.3. The van der Waals surface area contributed by atoms with Crippen molar-refractivity contribution in [3.63, 3.8) is 0 Å². The summed E-state index contributed by atoms with van der Waals surface area (Å²) in [6.07, 6.45) is 0.0553. The predicted octanol–water partition coefficient (Wildman–Crippen LogP) is 2.68. The van der Waals surface area contributed by atoms with E-state index < -0.39 is 5.97 Å². The second-order valence-electron chi connectivity index (χ2n) is 5.18. The Labute approximate surface area is 146 Å². The lowest BCUT2D eigenvalue weighted by atomic mass is 10.1. The number of rotatable bonds is 8. The third kappa shape index (κ3) is 4.97. The lowest BCUT2D eigenvalue weighted by Gasteiger charge is -2.10. The molecule has 25 heavy (non-hydrogen) atoms. The van der Waals surface area contributed by atoms with E-state index in [-0.39, 0.29) is 18.8 Å². The van der Waals surface area contributed by atoms with E-state index in [0.29, 0.717) is 22.8 Å². The maximum Gasteiger partial charge on any atom is 0.310 e. The number of carbonyl (C=O) groups is 2. The topological polar surface area (TPSA) is 71.1 Å². The van der Waals surface area contributed by atoms with Crippen LogP contribution in [0.25, 0.3) is 0 Å². The zero-order chi connectivity index (χ0) is 18.2. The maximum atomic E-state index is 12.3. The molecule has 0 bridgehead atoms. The van der Waals surface area contributed by atoms with Crippen molar-refractivity contribution in [3.8, 4) is 17.2 Å². The third-order valence-corrected chi connectivity index (χ3v) is 3.55. The van der Waals surface area contributed by atoms with Gasteiger partial charge in [0.25, 0.3) is 0 Å². The third-order valence-electron chi connectivity index (χ3n) is 3.55. The summed E-state index contributed by atoms with van der Waals surface area (Å²) in [7, 11) is 4.52. The molecule has 0 unspecified atom stereocenters. The van der Waals surface area contributed by atoms with E-state index in [2.05, 4.69) is 0 Å². The fourth-order valence-corrected chi connectivity index (χ4v) is 2.26. The summed E-state index contributed by atoms with van der Waals surface area (Å²) in [6.45, 7) is -0.369. The van der Waals surface area contributed by atoms with Crippen LogP contribution in [-0.2, 0) is 16.0 Å². The summed E-state index contributed by atoms with van der Waals surface area (Å²) >= 11 is 0. The SMILES string of the molecule is COc1cccc(CC(=O)OCC(=O)c2cc(OC)ccc2OC)c1. The molecule has 0 aliphatic carbocycles. The van der Waals surface area contributed by atoms with E-state index in [1.54, 1.807) is 49.6 Å². The largest absolute Gasteiger partial charge is 0.497 e. The Kier molecular flexibility index (Phi) is 6.39. The van der Waals surface area contributed by atoms with Gasteiger partial charge in [0.1, 0.15) is 17.2 Å². The quantitative estimate of drug-likeness (QED) is 0.542. The molecule has 0 spiro atoms. The molecule has 2 rings (SSSR count). The van der Waals surface area contributed by atoms with Crippen LogP contribution < -0.4 is 14.2 Å². The summed E-state index contributed by atoms with van der Waals surface area (Å²) < 4.78 is 20.5. The Hall–Kier alpha value is -3.02. The number of esters is 1. The highest BCUT2D eigenvalue weighted by molar-refractivity contribution is 6.00. The van der Waals surface area contributed by atoms with Gasteiger partial charge in [-0.15, -0.1) is 0 Å². The van der Waals surface area contributed by atoms with E-state index in [9.17, 15) is 9.59 Å². The highest BCUT2D eigenvalue weighted by Crippen LogP contribution is 2.24. The molecule has 0 radical (unpaired) electrons. The molecule has 0 amide bonds. The van der Waals surface area contributed by atoms with Crippen molar-refractivity contribution >= 4 is 11.8 Å². The molecule has 132 valence electrons. The van der Waals surface area contributed by atoms with Gasteiger partial charge in [-0.2, -0.15) is 0 Å². The zero-order valence-corrected chi connectivity index (χ0v) is 14.4. The standard InChI is InChI=1S/C19H20O6/c1-22-14-6-4-5-13(9-14)10-19(21)25-12-17(20)16-11-15(23-2)7-8-18(16)24-3/h4-9,11H,10,12H2,1-3H3. The number of carbonyl (C=O) groups excluding carboxylic acids is 2. The summed E-state index contributed by atoms with van der Waals surface area (Å²) in [5, 5.41) is 0. The van der Waals surface area contributed by atoms with Crippen LogP contribution in [-0.4, -0.2) is 39.7 Å². The Morgan fingerprint density at radius 2 is 1.60 bits per heavy atom. The summed E-state index contributed by atoms with van der Waals surface area (Å²) in [6, 6.07) is 12.0. The first-order valence-corrected chi connectivity index (χ1v) is 7.61. The molecule has 0 aliphatic heterocycles. The second-order valence-corrected chi connectivity index (χ2v) is 5.18. The van der Waals surface area contributed by atoms with Crippen molar-refractivity contribution in [3.05, 3.63) is 53.6 Å². The van der Waals surface area contributed by atoms with Crippen molar-refractivity contribution in [2.45, 2.75) is 6.42 Å². The molecular formula is C19H20O6. The first-order chi connectivity index (χ1) is 12.1. The summed E-state index contributed by atoms with van der Waals surface area (Å²) in [4.78, 5) is 24.3. The van der Waals surface area contributed by atoms with Crippen molar-refractivity contribution in [2.75, 3.05) is 27.9 Å². The highest BCUT2D eigenvalue weighted by Gasteiger charge is 2.16. The maximum absolute atomic E-state index is 12.3. The molecule has 0 saturated heterocycles. The molecule has 0 saturated carbocycles. The van der Waals surface area contributed by atoms with Crippen LogP contribution in [0.15, 0.2) is 42.5 Å². The zero-order valence-electron chi connectivity index (χ0n) is 14.4. The van der Waals surface area contributed by atoms with Gasteiger partial charge in [-0.1, -0.05) is 12.1 Å². The minimum atomic E-state index is -0.497. The average molecular weight is 344 g/mol. The summed E-state index contributed by atoms with van der Waals surface area (Å²) in [5.41, 5.74) is 1.05. The van der Waals surface area contributed by atoms with Crippen LogP contribution in [0.4, 0.5) is 0 Å². The fourth-order valence-electron chi connectivity index (χ4n) is 2.26. The van der Waals surface area contributed by atoms with E-state index in [1.807, 2.05) is 0 Å². The van der Waals surface area contributed by atoms with E-state index >= 15 is 0 Å². The van der Waals surface area contributed by atoms with Gasteiger partial charge < -0.3 is 18.9 Å². The van der Waals surface area contributed by atoms with Gasteiger partial charge in [0.2, 0.25) is 5.78 Å². The molecule has 2 aromatic rings. The van der Waals surface area contributed by atoms with Gasteiger partial charge in [0, 0.05) is 0 Å². The monoisotopic (exact) mass is 344 g/mol. The molecule has 0 heterocycles. The molecular weight excluding hydrogens is 324 g/mol. The van der Waals surface area contributed by atoms with Gasteiger partial charge in [0.15, 0.2) is 6.61 Å². The molecule has 2 aromatic carbocycles. The minimum absolute atomic E-state index is 0.0553. The van der Waals surface area contributed by atoms with Crippen LogP contribution in [0.1, 0.15) is 15.9 Å². The van der Waals surface area contributed by atoms with E-state index in [1.165, 1.54) is 14.2 Å². The van der Waals surface area contributed by atoms with Crippen LogP contribution in [0, 0.1) is 0 Å². The smallest absolute Gasteiger partial charge is 0.310 e. The van der Waals surface area contributed by atoms with Crippen molar-refractivity contribution in [1.29, 1.82) is 0 Å². The number of ether oxygens (including phenoxy) is 4. The molecule has 0 atom stereocenters. The fraction of sp³-hybridized carbons (Fsp3) is 0.263. The highest BCUT2D eigenvalue weighted by atomic mass is 16.5. The van der Waals surface area contributed by atoms with Gasteiger partial charge in [-0.3, -0.25) is 9.59 Å². The molecule has 6 nitrogen and oxygen atoms in total. The van der Waals surface area contributed by atoms with Gasteiger partial charge in [0.05, 0.1) is 33.3 Å². The van der Waals surface area contributed by atoms with E-state index in [4.69, 9.17) is 18.9 Å². The Morgan fingerprint density at radius 1 is 0.880 bits per heavy atom. The normalized spacial score (nSPS) is 10.0. The van der Waals surface area contributed by atoms with Crippen molar-refractivity contribution in [2.24, 2.45) is 0 Å². The van der Waals surface area contributed by atoms with Crippen LogP contribution in [0.5, 0.6) is 17.2 Å². The van der Waals surface area contributed by atoms with Crippen molar-refractivity contribution < 1.29 is 28.5 Å². The lowest BCUT2D eigenvalue weighted by molar-refractivity contribution is -0.141. The van der Waals surface area contributed by atoms with Crippen LogP contribution in [0.2, 0.25) is 0 Å². The van der Waals surface area contributed by atoms with Gasteiger partial charge in [-0.05, 0) is 35.9 Å². The van der Waals surface area contributed by atoms with Gasteiger partial charge in [-0.25, -0.2) is 0 Å². The lowest BCUT2D eigenvalue weighted by Crippen LogP contribution is -2.16. The Morgan fingerprint density at radius 3 is 2.28 bits per heavy atom. The van der Waals surface area contributed by atoms with Crippen LogP contribution >= 0.6 is 0 Å². The first-order valence-electron chi connectivity index (χ1n) is 7.61. The number of hydrogen-bond acceptors (Lipinski definition) is 6. The van der Waals surface area contributed by atoms with Crippen molar-refractivity contribution in [1.82, 2.24) is 0 Å².